The largest absolute Gasteiger partial charge is 0.393 e. The van der Waals surface area contributed by atoms with Gasteiger partial charge in [-0.25, -0.2) is 0 Å². The quantitative estimate of drug-likeness (QED) is 0.801. The molecule has 0 fully saturated rings. The first-order valence-electron chi connectivity index (χ1n) is 5.44. The number of aromatic nitrogens is 2. The molecule has 0 aromatic carbocycles. The summed E-state index contributed by atoms with van der Waals surface area (Å²) in [5, 5.41) is 13.2. The fraction of sp³-hybridized carbons (Fsp3) is 0.636. The van der Waals surface area contributed by atoms with Crippen molar-refractivity contribution in [3.8, 4) is 0 Å². The summed E-state index contributed by atoms with van der Waals surface area (Å²) in [5.74, 6) is 0.00403. The molecule has 90 valence electrons. The number of aliphatic hydroxyl groups excluding tert-OH is 1. The van der Waals surface area contributed by atoms with Gasteiger partial charge in [0.05, 0.1) is 6.10 Å². The Bertz CT molecular complexity index is 322. The standard InChI is InChI=1S/C11H19N3O2/c1-9(15)5-8-13(3)11(16)10(2)14-7-4-6-12-14/h4,6-7,9-10,15H,5,8H2,1-3H3. The van der Waals surface area contributed by atoms with E-state index in [0.29, 0.717) is 13.0 Å². The Morgan fingerprint density at radius 3 is 2.75 bits per heavy atom. The minimum absolute atomic E-state index is 0.00403. The summed E-state index contributed by atoms with van der Waals surface area (Å²) >= 11 is 0. The predicted molar refractivity (Wildman–Crippen MR) is 60.9 cm³/mol. The Hall–Kier alpha value is -1.36. The van der Waals surface area contributed by atoms with Crippen LogP contribution in [-0.2, 0) is 4.79 Å². The normalized spacial score (nSPS) is 14.5. The lowest BCUT2D eigenvalue weighted by Gasteiger charge is -2.22. The average Bonchev–Trinajstić information content (AvgIpc) is 2.77. The topological polar surface area (TPSA) is 58.4 Å². The molecule has 16 heavy (non-hydrogen) atoms. The van der Waals surface area contributed by atoms with Crippen molar-refractivity contribution >= 4 is 5.91 Å². The van der Waals surface area contributed by atoms with E-state index in [-0.39, 0.29) is 18.1 Å². The van der Waals surface area contributed by atoms with Gasteiger partial charge in [0.1, 0.15) is 6.04 Å². The molecule has 1 aromatic heterocycles. The summed E-state index contributed by atoms with van der Waals surface area (Å²) in [4.78, 5) is 13.6. The van der Waals surface area contributed by atoms with Gasteiger partial charge in [-0.2, -0.15) is 5.10 Å². The van der Waals surface area contributed by atoms with Crippen LogP contribution in [0, 0.1) is 0 Å². The van der Waals surface area contributed by atoms with Crippen LogP contribution in [0.1, 0.15) is 26.3 Å². The molecule has 0 aliphatic rings. The number of hydrogen-bond donors (Lipinski definition) is 1. The smallest absolute Gasteiger partial charge is 0.246 e. The van der Waals surface area contributed by atoms with Gasteiger partial charge in [0.2, 0.25) is 5.91 Å². The first-order chi connectivity index (χ1) is 7.52. The van der Waals surface area contributed by atoms with Gasteiger partial charge in [-0.1, -0.05) is 0 Å². The van der Waals surface area contributed by atoms with Crippen LogP contribution in [0.5, 0.6) is 0 Å². The van der Waals surface area contributed by atoms with Crippen molar-refractivity contribution in [1.82, 2.24) is 14.7 Å². The fourth-order valence-corrected chi connectivity index (χ4v) is 1.43. The van der Waals surface area contributed by atoms with Gasteiger partial charge in [-0.15, -0.1) is 0 Å². The third kappa shape index (κ3) is 3.34. The molecule has 2 unspecified atom stereocenters. The third-order valence-corrected chi connectivity index (χ3v) is 2.54. The van der Waals surface area contributed by atoms with Crippen LogP contribution < -0.4 is 0 Å². The summed E-state index contributed by atoms with van der Waals surface area (Å²) in [6.45, 7) is 4.09. The monoisotopic (exact) mass is 225 g/mol. The van der Waals surface area contributed by atoms with Crippen LogP contribution in [-0.4, -0.2) is 45.4 Å². The number of rotatable bonds is 5. The van der Waals surface area contributed by atoms with Crippen molar-refractivity contribution in [3.05, 3.63) is 18.5 Å². The lowest BCUT2D eigenvalue weighted by molar-refractivity contribution is -0.133. The number of nitrogens with zero attached hydrogens (tertiary/aromatic N) is 3. The number of carbonyl (C=O) groups excluding carboxylic acids is 1. The van der Waals surface area contributed by atoms with Gasteiger partial charge in [-0.05, 0) is 26.3 Å². The fourth-order valence-electron chi connectivity index (χ4n) is 1.43. The van der Waals surface area contributed by atoms with Crippen LogP contribution in [0.3, 0.4) is 0 Å². The second-order valence-electron chi connectivity index (χ2n) is 4.06. The van der Waals surface area contributed by atoms with Crippen LogP contribution in [0.25, 0.3) is 0 Å². The first kappa shape index (κ1) is 12.7. The van der Waals surface area contributed by atoms with E-state index < -0.39 is 0 Å². The molecule has 1 heterocycles. The third-order valence-electron chi connectivity index (χ3n) is 2.54. The zero-order chi connectivity index (χ0) is 12.1. The summed E-state index contributed by atoms with van der Waals surface area (Å²) in [7, 11) is 1.74. The van der Waals surface area contributed by atoms with Gasteiger partial charge in [0.15, 0.2) is 0 Å². The Morgan fingerprint density at radius 2 is 2.25 bits per heavy atom. The summed E-state index contributed by atoms with van der Waals surface area (Å²) < 4.78 is 1.63. The van der Waals surface area contributed by atoms with Gasteiger partial charge < -0.3 is 10.0 Å². The molecule has 0 aliphatic heterocycles. The lowest BCUT2D eigenvalue weighted by Crippen LogP contribution is -2.35. The number of likely N-dealkylation sites (N-methyl/N-ethyl adjacent to an activating group) is 1. The molecule has 1 aromatic rings. The maximum Gasteiger partial charge on any atom is 0.246 e. The summed E-state index contributed by atoms with van der Waals surface area (Å²) in [6.07, 6.45) is 3.63. The molecule has 1 N–H and O–H groups in total. The maximum absolute atomic E-state index is 11.9. The molecular formula is C11H19N3O2. The second kappa shape index (κ2) is 5.65. The van der Waals surface area contributed by atoms with E-state index in [9.17, 15) is 4.79 Å². The minimum Gasteiger partial charge on any atom is -0.393 e. The highest BCUT2D eigenvalue weighted by atomic mass is 16.3. The number of hydrogen-bond acceptors (Lipinski definition) is 3. The molecule has 1 rings (SSSR count). The van der Waals surface area contributed by atoms with E-state index in [4.69, 9.17) is 5.11 Å². The molecule has 5 nitrogen and oxygen atoms in total. The average molecular weight is 225 g/mol. The van der Waals surface area contributed by atoms with Gasteiger partial charge in [0.25, 0.3) is 0 Å². The lowest BCUT2D eigenvalue weighted by atomic mass is 10.2. The molecule has 0 saturated heterocycles. The van der Waals surface area contributed by atoms with Crippen LogP contribution in [0.15, 0.2) is 18.5 Å². The van der Waals surface area contributed by atoms with Gasteiger partial charge in [0, 0.05) is 26.0 Å². The first-order valence-corrected chi connectivity index (χ1v) is 5.44. The Balaban J connectivity index is 2.50. The molecular weight excluding hydrogens is 206 g/mol. The van der Waals surface area contributed by atoms with E-state index in [1.807, 2.05) is 6.92 Å². The highest BCUT2D eigenvalue weighted by Gasteiger charge is 2.19. The van der Waals surface area contributed by atoms with Crippen molar-refractivity contribution in [1.29, 1.82) is 0 Å². The second-order valence-corrected chi connectivity index (χ2v) is 4.06. The molecule has 0 bridgehead atoms. The Kier molecular flexibility index (Phi) is 4.49. The Labute approximate surface area is 95.7 Å². The minimum atomic E-state index is -0.379. The maximum atomic E-state index is 11.9. The van der Waals surface area contributed by atoms with Crippen LogP contribution >= 0.6 is 0 Å². The molecule has 0 saturated carbocycles. The highest BCUT2D eigenvalue weighted by Crippen LogP contribution is 2.08. The Morgan fingerprint density at radius 1 is 1.56 bits per heavy atom. The molecule has 0 aliphatic carbocycles. The van der Waals surface area contributed by atoms with E-state index in [1.165, 1.54) is 0 Å². The summed E-state index contributed by atoms with van der Waals surface area (Å²) in [5.41, 5.74) is 0. The number of amides is 1. The SMILES string of the molecule is CC(O)CCN(C)C(=O)C(C)n1cccn1. The van der Waals surface area contributed by atoms with Crippen molar-refractivity contribution < 1.29 is 9.90 Å². The zero-order valence-corrected chi connectivity index (χ0v) is 10.00. The molecule has 1 amide bonds. The molecule has 0 radical (unpaired) electrons. The highest BCUT2D eigenvalue weighted by molar-refractivity contribution is 5.79. The van der Waals surface area contributed by atoms with Crippen molar-refractivity contribution in [2.75, 3.05) is 13.6 Å². The number of aliphatic hydroxyl groups is 1. The van der Waals surface area contributed by atoms with Gasteiger partial charge in [-0.3, -0.25) is 9.48 Å². The van der Waals surface area contributed by atoms with Crippen molar-refractivity contribution in [2.45, 2.75) is 32.4 Å². The molecule has 5 heteroatoms. The van der Waals surface area contributed by atoms with E-state index >= 15 is 0 Å². The number of carbonyl (C=O) groups is 1. The summed E-state index contributed by atoms with van der Waals surface area (Å²) in [6, 6.07) is 1.49. The van der Waals surface area contributed by atoms with E-state index in [1.54, 1.807) is 42.0 Å². The van der Waals surface area contributed by atoms with Crippen LogP contribution in [0.4, 0.5) is 0 Å². The van der Waals surface area contributed by atoms with Crippen LogP contribution in [0.2, 0.25) is 0 Å². The predicted octanol–water partition coefficient (Wildman–Crippen LogP) is 0.673. The molecule has 2 atom stereocenters. The molecule has 0 spiro atoms. The van der Waals surface area contributed by atoms with Gasteiger partial charge >= 0.3 is 0 Å². The zero-order valence-electron chi connectivity index (χ0n) is 10.00. The van der Waals surface area contributed by atoms with E-state index in [2.05, 4.69) is 5.10 Å². The van der Waals surface area contributed by atoms with E-state index in [0.717, 1.165) is 0 Å². The van der Waals surface area contributed by atoms with Crippen molar-refractivity contribution in [2.24, 2.45) is 0 Å². The van der Waals surface area contributed by atoms with Crippen molar-refractivity contribution in [3.63, 3.8) is 0 Å².